The van der Waals surface area contributed by atoms with Crippen LogP contribution < -0.4 is 9.64 Å². The summed E-state index contributed by atoms with van der Waals surface area (Å²) >= 11 is 0. The topological polar surface area (TPSA) is 36.0 Å². The minimum Gasteiger partial charge on any atom is -0.497 e. The van der Waals surface area contributed by atoms with Gasteiger partial charge in [-0.15, -0.1) is 0 Å². The minimum absolute atomic E-state index is 0.106. The lowest BCUT2D eigenvalue weighted by molar-refractivity contribution is 0.158. The van der Waals surface area contributed by atoms with Gasteiger partial charge < -0.3 is 9.64 Å². The number of methoxy groups -OCH3 is 1. The first-order valence-electron chi connectivity index (χ1n) is 11.4. The van der Waals surface area contributed by atoms with E-state index in [0.717, 1.165) is 68.9 Å². The van der Waals surface area contributed by atoms with Crippen LogP contribution in [0.1, 0.15) is 36.8 Å². The Morgan fingerprint density at radius 3 is 2.44 bits per heavy atom. The number of rotatable bonds is 3. The molecule has 170 valence electrons. The Balaban J connectivity index is 1.36. The highest BCUT2D eigenvalue weighted by Crippen LogP contribution is 2.48. The van der Waals surface area contributed by atoms with Crippen molar-refractivity contribution in [3.05, 3.63) is 59.2 Å². The fourth-order valence-electron chi connectivity index (χ4n) is 5.49. The van der Waals surface area contributed by atoms with Crippen LogP contribution in [-0.2, 0) is 12.0 Å². The standard InChI is InChI=1S/C25H29F2N3O2/c1-32-19-5-7-23-20(15-19)25(17-30(23)24(31)29-10-2-3-11-29)8-12-28(13-9-25)16-18-4-6-21(26)22(27)14-18/h4-7,14-15H,2-3,8-13,16-17H2,1H3. The lowest BCUT2D eigenvalue weighted by Crippen LogP contribution is -2.48. The van der Waals surface area contributed by atoms with Crippen LogP contribution in [0.15, 0.2) is 36.4 Å². The van der Waals surface area contributed by atoms with Gasteiger partial charge in [-0.2, -0.15) is 0 Å². The first-order valence-corrected chi connectivity index (χ1v) is 11.4. The van der Waals surface area contributed by atoms with E-state index in [9.17, 15) is 13.6 Å². The summed E-state index contributed by atoms with van der Waals surface area (Å²) < 4.78 is 32.4. The van der Waals surface area contributed by atoms with Crippen LogP contribution in [0, 0.1) is 11.6 Å². The molecule has 0 atom stereocenters. The Kier molecular flexibility index (Phi) is 5.53. The molecule has 5 nitrogen and oxygen atoms in total. The van der Waals surface area contributed by atoms with Crippen LogP contribution in [0.4, 0.5) is 19.3 Å². The fourth-order valence-corrected chi connectivity index (χ4v) is 5.49. The molecule has 3 aliphatic heterocycles. The number of carbonyl (C=O) groups is 1. The van der Waals surface area contributed by atoms with Crippen LogP contribution >= 0.6 is 0 Å². The highest BCUT2D eigenvalue weighted by Gasteiger charge is 2.47. The zero-order valence-electron chi connectivity index (χ0n) is 18.4. The van der Waals surface area contributed by atoms with Crippen molar-refractivity contribution in [3.63, 3.8) is 0 Å². The second-order valence-electron chi connectivity index (χ2n) is 9.25. The molecule has 0 radical (unpaired) electrons. The van der Waals surface area contributed by atoms with Crippen molar-refractivity contribution in [3.8, 4) is 5.75 Å². The number of hydrogen-bond donors (Lipinski definition) is 0. The van der Waals surface area contributed by atoms with E-state index in [-0.39, 0.29) is 11.4 Å². The van der Waals surface area contributed by atoms with E-state index in [2.05, 4.69) is 11.0 Å². The molecule has 0 aromatic heterocycles. The van der Waals surface area contributed by atoms with Crippen molar-refractivity contribution in [2.75, 3.05) is 44.7 Å². The molecule has 2 fully saturated rings. The highest BCUT2D eigenvalue weighted by atomic mass is 19.2. The predicted octanol–water partition coefficient (Wildman–Crippen LogP) is 4.54. The van der Waals surface area contributed by atoms with E-state index in [1.807, 2.05) is 21.9 Å². The Bertz CT molecular complexity index is 1010. The maximum absolute atomic E-state index is 13.6. The van der Waals surface area contributed by atoms with Crippen LogP contribution in [0.3, 0.4) is 0 Å². The van der Waals surface area contributed by atoms with E-state index in [0.29, 0.717) is 13.1 Å². The third-order valence-corrected chi connectivity index (χ3v) is 7.34. The summed E-state index contributed by atoms with van der Waals surface area (Å²) in [6, 6.07) is 10.3. The van der Waals surface area contributed by atoms with Crippen LogP contribution in [0.2, 0.25) is 0 Å². The second kappa shape index (κ2) is 8.35. The average Bonchev–Trinajstić information content (AvgIpc) is 3.45. The van der Waals surface area contributed by atoms with Gasteiger partial charge >= 0.3 is 6.03 Å². The van der Waals surface area contributed by atoms with Crippen molar-refractivity contribution in [2.24, 2.45) is 0 Å². The summed E-state index contributed by atoms with van der Waals surface area (Å²) in [5, 5.41) is 0. The fraction of sp³-hybridized carbons (Fsp3) is 0.480. The van der Waals surface area contributed by atoms with E-state index in [1.54, 1.807) is 13.2 Å². The molecule has 2 amide bonds. The van der Waals surface area contributed by atoms with Crippen molar-refractivity contribution in [2.45, 2.75) is 37.6 Å². The lowest BCUT2D eigenvalue weighted by Gasteiger charge is -2.40. The molecule has 0 unspecified atom stereocenters. The van der Waals surface area contributed by atoms with Gasteiger partial charge in [-0.05, 0) is 80.2 Å². The van der Waals surface area contributed by atoms with E-state index in [4.69, 9.17) is 4.74 Å². The van der Waals surface area contributed by atoms with Gasteiger partial charge in [0, 0.05) is 37.3 Å². The molecule has 2 aromatic carbocycles. The van der Waals surface area contributed by atoms with Gasteiger partial charge in [-0.25, -0.2) is 13.6 Å². The quantitative estimate of drug-likeness (QED) is 0.702. The number of likely N-dealkylation sites (tertiary alicyclic amines) is 2. The summed E-state index contributed by atoms with van der Waals surface area (Å²) in [6.45, 7) is 4.60. The maximum Gasteiger partial charge on any atom is 0.324 e. The molecule has 0 saturated carbocycles. The molecular weight excluding hydrogens is 412 g/mol. The zero-order valence-corrected chi connectivity index (χ0v) is 18.4. The number of fused-ring (bicyclic) bond motifs is 2. The number of anilines is 1. The van der Waals surface area contributed by atoms with Gasteiger partial charge in [0.15, 0.2) is 11.6 Å². The molecular formula is C25H29F2N3O2. The van der Waals surface area contributed by atoms with E-state index in [1.165, 1.54) is 17.7 Å². The molecule has 0 N–H and O–H groups in total. The Labute approximate surface area is 187 Å². The third kappa shape index (κ3) is 3.72. The minimum atomic E-state index is -0.814. The van der Waals surface area contributed by atoms with Gasteiger partial charge in [-0.1, -0.05) is 6.07 Å². The average molecular weight is 442 g/mol. The number of amides is 2. The number of halogens is 2. The van der Waals surface area contributed by atoms with Crippen LogP contribution in [0.25, 0.3) is 0 Å². The maximum atomic E-state index is 13.6. The highest BCUT2D eigenvalue weighted by molar-refractivity contribution is 5.95. The molecule has 1 spiro atoms. The van der Waals surface area contributed by atoms with Gasteiger partial charge in [0.05, 0.1) is 7.11 Å². The molecule has 3 aliphatic rings. The SMILES string of the molecule is COc1ccc2c(c1)C1(CCN(Cc3ccc(F)c(F)c3)CC1)CN2C(=O)N1CCCC1. The smallest absolute Gasteiger partial charge is 0.324 e. The van der Waals surface area contributed by atoms with Crippen molar-refractivity contribution >= 4 is 11.7 Å². The number of carbonyl (C=O) groups excluding carboxylic acids is 1. The number of ether oxygens (including phenoxy) is 1. The molecule has 2 saturated heterocycles. The zero-order chi connectivity index (χ0) is 22.3. The summed E-state index contributed by atoms with van der Waals surface area (Å²) in [5.41, 5.74) is 2.86. The van der Waals surface area contributed by atoms with Crippen LogP contribution in [-0.4, -0.2) is 55.7 Å². The molecule has 32 heavy (non-hydrogen) atoms. The first-order chi connectivity index (χ1) is 15.5. The van der Waals surface area contributed by atoms with Gasteiger partial charge in [0.1, 0.15) is 5.75 Å². The Morgan fingerprint density at radius 1 is 1.00 bits per heavy atom. The molecule has 7 heteroatoms. The third-order valence-electron chi connectivity index (χ3n) is 7.34. The number of piperidine rings is 1. The van der Waals surface area contributed by atoms with Crippen molar-refractivity contribution in [1.29, 1.82) is 0 Å². The molecule has 3 heterocycles. The summed E-state index contributed by atoms with van der Waals surface area (Å²) in [5.74, 6) is -0.808. The molecule has 5 rings (SSSR count). The van der Waals surface area contributed by atoms with Crippen molar-refractivity contribution in [1.82, 2.24) is 9.80 Å². The lowest BCUT2D eigenvalue weighted by atomic mass is 9.74. The van der Waals surface area contributed by atoms with E-state index >= 15 is 0 Å². The number of hydrogen-bond acceptors (Lipinski definition) is 3. The number of benzene rings is 2. The van der Waals surface area contributed by atoms with E-state index < -0.39 is 11.6 Å². The molecule has 2 aromatic rings. The van der Waals surface area contributed by atoms with Gasteiger partial charge in [0.25, 0.3) is 0 Å². The Morgan fingerprint density at radius 2 is 1.75 bits per heavy atom. The van der Waals surface area contributed by atoms with Crippen LogP contribution in [0.5, 0.6) is 5.75 Å². The number of urea groups is 1. The first kappa shape index (κ1) is 21.2. The largest absolute Gasteiger partial charge is 0.497 e. The van der Waals surface area contributed by atoms with Gasteiger partial charge in [0.2, 0.25) is 0 Å². The second-order valence-corrected chi connectivity index (χ2v) is 9.25. The number of nitrogens with zero attached hydrogens (tertiary/aromatic N) is 3. The normalized spacial score (nSPS) is 20.1. The molecule has 0 bridgehead atoms. The summed E-state index contributed by atoms with van der Waals surface area (Å²) in [4.78, 5) is 19.5. The van der Waals surface area contributed by atoms with Gasteiger partial charge in [-0.3, -0.25) is 9.80 Å². The summed E-state index contributed by atoms with van der Waals surface area (Å²) in [6.07, 6.45) is 3.94. The molecule has 0 aliphatic carbocycles. The monoisotopic (exact) mass is 441 g/mol. The van der Waals surface area contributed by atoms with Crippen molar-refractivity contribution < 1.29 is 18.3 Å². The Hall–Kier alpha value is -2.67. The predicted molar refractivity (Wildman–Crippen MR) is 119 cm³/mol. The summed E-state index contributed by atoms with van der Waals surface area (Å²) in [7, 11) is 1.67.